The maximum atomic E-state index is 11.0. The van der Waals surface area contributed by atoms with Crippen LogP contribution < -0.4 is 5.73 Å². The Morgan fingerprint density at radius 3 is 1.78 bits per heavy atom. The zero-order chi connectivity index (χ0) is 25.5. The van der Waals surface area contributed by atoms with Gasteiger partial charge >= 0.3 is 11.9 Å². The van der Waals surface area contributed by atoms with Crippen molar-refractivity contribution in [2.45, 2.75) is 67.4 Å². The molecule has 0 aliphatic rings. The number of methoxy groups -OCH3 is 2. The van der Waals surface area contributed by atoms with E-state index < -0.39 is 0 Å². The number of aryl methyl sites for hydroxylation is 4. The normalized spacial score (nSPS) is 9.56. The van der Waals surface area contributed by atoms with Gasteiger partial charge in [0.2, 0.25) is 0 Å². The van der Waals surface area contributed by atoms with Gasteiger partial charge in [0.1, 0.15) is 10.5 Å². The molecule has 0 aliphatic carbocycles. The van der Waals surface area contributed by atoms with Crippen molar-refractivity contribution in [1.82, 2.24) is 0 Å². The molecular weight excluding hydrogens is 450 g/mol. The predicted octanol–water partition coefficient (Wildman–Crippen LogP) is 5.63. The molecule has 2 rings (SSSR count). The van der Waals surface area contributed by atoms with Gasteiger partial charge in [-0.25, -0.2) is 4.79 Å². The largest absolute Gasteiger partial charge is 0.471 e. The summed E-state index contributed by atoms with van der Waals surface area (Å²) in [6, 6.07) is 3.98. The third kappa shape index (κ3) is 14.6. The highest BCUT2D eigenvalue weighted by Crippen LogP contribution is 2.22. The number of nitrogens with two attached hydrogens (primary N) is 1. The average Bonchev–Trinajstić information content (AvgIpc) is 3.20. The van der Waals surface area contributed by atoms with Crippen LogP contribution >= 0.6 is 22.7 Å². The summed E-state index contributed by atoms with van der Waals surface area (Å²) in [7, 11) is 2.71. The van der Waals surface area contributed by atoms with Crippen LogP contribution in [0.3, 0.4) is 0 Å². The zero-order valence-electron chi connectivity index (χ0n) is 20.8. The first-order valence-corrected chi connectivity index (χ1v) is 11.5. The first-order valence-electron chi connectivity index (χ1n) is 9.88. The first-order chi connectivity index (χ1) is 14.7. The third-order valence-corrected chi connectivity index (χ3v) is 6.08. The standard InChI is InChI=1S/C8H10O2S.C7H14O2.C6H9NS.C2H4O2/c1-5-4-6(2)11-7(5)8(9)10-3;1-5-7(3,4)9-6(2)8;1-4-3-6(7)8-5(4)2;1-4-2-3/h4H,1-3H3;5H2,1-4H3;3H,7H2,1-2H3;2H,1H3. The Bertz CT molecular complexity index is 820. The fourth-order valence-corrected chi connectivity index (χ4v) is 3.75. The van der Waals surface area contributed by atoms with E-state index in [0.29, 0.717) is 11.3 Å². The molecule has 0 radical (unpaired) electrons. The number of carbonyl (C=O) groups is 3. The monoisotopic (exact) mass is 487 g/mol. The van der Waals surface area contributed by atoms with Crippen molar-refractivity contribution in [3.05, 3.63) is 37.9 Å². The van der Waals surface area contributed by atoms with E-state index in [-0.39, 0.29) is 17.5 Å². The number of nitrogen functional groups attached to an aromatic ring is 1. The molecule has 0 unspecified atom stereocenters. The lowest BCUT2D eigenvalue weighted by molar-refractivity contribution is -0.153. The minimum absolute atomic E-state index is 0.207. The minimum atomic E-state index is -0.286. The zero-order valence-corrected chi connectivity index (χ0v) is 22.4. The summed E-state index contributed by atoms with van der Waals surface area (Å²) in [6.07, 6.45) is 0.854. The molecule has 0 amide bonds. The van der Waals surface area contributed by atoms with Gasteiger partial charge in [-0.15, -0.1) is 22.7 Å². The second kappa shape index (κ2) is 16.3. The van der Waals surface area contributed by atoms with Gasteiger partial charge in [0.25, 0.3) is 6.47 Å². The molecule has 0 aromatic carbocycles. The van der Waals surface area contributed by atoms with Crippen molar-refractivity contribution in [2.75, 3.05) is 20.0 Å². The summed E-state index contributed by atoms with van der Waals surface area (Å²) in [4.78, 5) is 33.6. The molecule has 32 heavy (non-hydrogen) atoms. The molecule has 0 saturated heterocycles. The molecule has 0 fully saturated rings. The van der Waals surface area contributed by atoms with Crippen LogP contribution in [0.5, 0.6) is 0 Å². The van der Waals surface area contributed by atoms with E-state index in [9.17, 15) is 9.59 Å². The lowest BCUT2D eigenvalue weighted by Crippen LogP contribution is -2.25. The fourth-order valence-electron chi connectivity index (χ4n) is 2.00. The Hall–Kier alpha value is -2.39. The molecule has 7 nitrogen and oxygen atoms in total. The summed E-state index contributed by atoms with van der Waals surface area (Å²) >= 11 is 3.12. The van der Waals surface area contributed by atoms with Crippen molar-refractivity contribution in [3.63, 3.8) is 0 Å². The number of thiophene rings is 2. The summed E-state index contributed by atoms with van der Waals surface area (Å²) in [5, 5.41) is 0.917. The minimum Gasteiger partial charge on any atom is -0.471 e. The van der Waals surface area contributed by atoms with Crippen LogP contribution in [0, 0.1) is 27.7 Å². The highest BCUT2D eigenvalue weighted by atomic mass is 32.1. The van der Waals surface area contributed by atoms with Gasteiger partial charge in [-0.2, -0.15) is 0 Å². The Kier molecular flexibility index (Phi) is 16.2. The molecule has 0 atom stereocenters. The number of ether oxygens (including phenoxy) is 3. The molecule has 0 bridgehead atoms. The number of esters is 2. The van der Waals surface area contributed by atoms with Crippen LogP contribution in [0.2, 0.25) is 0 Å². The van der Waals surface area contributed by atoms with E-state index in [2.05, 4.69) is 23.3 Å². The van der Waals surface area contributed by atoms with Gasteiger partial charge in [0, 0.05) is 16.7 Å². The third-order valence-electron chi connectivity index (χ3n) is 3.96. The molecular formula is C23H37NO6S2. The van der Waals surface area contributed by atoms with E-state index in [4.69, 9.17) is 15.3 Å². The van der Waals surface area contributed by atoms with Crippen molar-refractivity contribution in [1.29, 1.82) is 0 Å². The van der Waals surface area contributed by atoms with Crippen LogP contribution in [-0.2, 0) is 23.8 Å². The molecule has 9 heteroatoms. The highest BCUT2D eigenvalue weighted by molar-refractivity contribution is 7.16. The van der Waals surface area contributed by atoms with Crippen molar-refractivity contribution >= 4 is 46.1 Å². The van der Waals surface area contributed by atoms with Gasteiger partial charge in [-0.3, -0.25) is 9.59 Å². The number of hydrogen-bond acceptors (Lipinski definition) is 9. The van der Waals surface area contributed by atoms with Crippen LogP contribution in [0.1, 0.15) is 64.7 Å². The molecule has 2 heterocycles. The second-order valence-electron chi connectivity index (χ2n) is 7.29. The highest BCUT2D eigenvalue weighted by Gasteiger charge is 2.17. The Labute approximate surface area is 199 Å². The van der Waals surface area contributed by atoms with E-state index in [1.54, 1.807) is 11.3 Å². The number of carbonyl (C=O) groups excluding carboxylic acids is 3. The molecule has 2 aromatic heterocycles. The van der Waals surface area contributed by atoms with Gasteiger partial charge in [0.15, 0.2) is 0 Å². The maximum absolute atomic E-state index is 11.0. The second-order valence-corrected chi connectivity index (χ2v) is 9.83. The van der Waals surface area contributed by atoms with Crippen LogP contribution in [0.25, 0.3) is 0 Å². The van der Waals surface area contributed by atoms with Crippen molar-refractivity contribution < 1.29 is 28.6 Å². The predicted molar refractivity (Wildman–Crippen MR) is 133 cm³/mol. The molecule has 0 saturated carbocycles. The van der Waals surface area contributed by atoms with E-state index >= 15 is 0 Å². The first kappa shape index (κ1) is 31.8. The number of hydrogen-bond donors (Lipinski definition) is 1. The van der Waals surface area contributed by atoms with Crippen LogP contribution in [0.15, 0.2) is 12.1 Å². The Balaban J connectivity index is 0. The molecule has 2 N–H and O–H groups in total. The lowest BCUT2D eigenvalue weighted by Gasteiger charge is -2.21. The van der Waals surface area contributed by atoms with Crippen LogP contribution in [-0.4, -0.2) is 38.2 Å². The van der Waals surface area contributed by atoms with Gasteiger partial charge in [0.05, 0.1) is 19.2 Å². The summed E-state index contributed by atoms with van der Waals surface area (Å²) in [5.41, 5.74) is 7.51. The van der Waals surface area contributed by atoms with E-state index in [0.717, 1.165) is 21.9 Å². The molecule has 0 spiro atoms. The molecule has 182 valence electrons. The summed E-state index contributed by atoms with van der Waals surface area (Å²) in [5.74, 6) is -0.442. The van der Waals surface area contributed by atoms with Crippen LogP contribution in [0.4, 0.5) is 5.00 Å². The average molecular weight is 488 g/mol. The Morgan fingerprint density at radius 1 is 1.06 bits per heavy atom. The smallest absolute Gasteiger partial charge is 0.348 e. The SMILES string of the molecule is CCC(C)(C)OC(C)=O.COC(=O)c1sc(C)cc1C.COC=O.Cc1cc(N)sc1C. The number of rotatable bonds is 4. The maximum Gasteiger partial charge on any atom is 0.348 e. The van der Waals surface area contributed by atoms with E-state index in [1.165, 1.54) is 42.9 Å². The summed E-state index contributed by atoms with van der Waals surface area (Å²) < 4.78 is 13.4. The molecule has 0 aliphatic heterocycles. The van der Waals surface area contributed by atoms with Gasteiger partial charge in [-0.1, -0.05) is 6.92 Å². The van der Waals surface area contributed by atoms with Gasteiger partial charge < -0.3 is 19.9 Å². The fraction of sp³-hybridized carbons (Fsp3) is 0.522. The lowest BCUT2D eigenvalue weighted by atomic mass is 10.1. The van der Waals surface area contributed by atoms with Gasteiger partial charge in [-0.05, 0) is 71.2 Å². The van der Waals surface area contributed by atoms with Crippen molar-refractivity contribution in [3.8, 4) is 0 Å². The molecule has 2 aromatic rings. The Morgan fingerprint density at radius 2 is 1.59 bits per heavy atom. The number of anilines is 1. The quantitative estimate of drug-likeness (QED) is 0.339. The van der Waals surface area contributed by atoms with Crippen molar-refractivity contribution in [2.24, 2.45) is 0 Å². The summed E-state index contributed by atoms with van der Waals surface area (Å²) in [6.45, 7) is 15.6. The van der Waals surface area contributed by atoms with E-state index in [1.807, 2.05) is 46.8 Å². The topological polar surface area (TPSA) is 105 Å².